The van der Waals surface area contributed by atoms with Gasteiger partial charge in [-0.25, -0.2) is 8.42 Å². The van der Waals surface area contributed by atoms with Crippen LogP contribution in [-0.4, -0.2) is 33.5 Å². The molecule has 0 bridgehead atoms. The molecule has 0 spiro atoms. The molecule has 2 aromatic rings. The largest absolute Gasteiger partial charge is 0.495 e. The Hall–Kier alpha value is -2.09. The van der Waals surface area contributed by atoms with Gasteiger partial charge in [0.1, 0.15) is 16.7 Å². The molecule has 6 nitrogen and oxygen atoms in total. The topological polar surface area (TPSA) is 84.5 Å². The molecule has 0 radical (unpaired) electrons. The first kappa shape index (κ1) is 22.6. The molecular formula is C22H27ClN2O4S. The second-order valence-electron chi connectivity index (χ2n) is 7.50. The van der Waals surface area contributed by atoms with Crippen LogP contribution in [0.1, 0.15) is 37.7 Å². The second-order valence-corrected chi connectivity index (χ2v) is 9.62. The molecule has 1 saturated carbocycles. The summed E-state index contributed by atoms with van der Waals surface area (Å²) in [5, 5.41) is 3.30. The summed E-state index contributed by atoms with van der Waals surface area (Å²) in [6, 6.07) is 12.8. The van der Waals surface area contributed by atoms with E-state index in [1.165, 1.54) is 25.7 Å². The Bertz CT molecular complexity index is 960. The van der Waals surface area contributed by atoms with Crippen molar-refractivity contribution in [1.82, 2.24) is 10.0 Å². The summed E-state index contributed by atoms with van der Waals surface area (Å²) >= 11 is 6.01. The highest BCUT2D eigenvalue weighted by molar-refractivity contribution is 7.89. The maximum Gasteiger partial charge on any atom is 0.245 e. The van der Waals surface area contributed by atoms with Crippen molar-refractivity contribution in [2.24, 2.45) is 0 Å². The number of hydrogen-bond acceptors (Lipinski definition) is 4. The molecule has 0 aliphatic heterocycles. The Balaban J connectivity index is 1.85. The van der Waals surface area contributed by atoms with Crippen LogP contribution < -0.4 is 14.8 Å². The number of ether oxygens (including phenoxy) is 1. The molecule has 8 heteroatoms. The zero-order valence-corrected chi connectivity index (χ0v) is 18.5. The van der Waals surface area contributed by atoms with Gasteiger partial charge in [0.15, 0.2) is 0 Å². The standard InChI is InChI=1S/C22H27ClN2O4S/c1-29-20-13-12-17(23)15-21(20)30(27,28)25-19(14-16-8-4-2-5-9-16)22(26)24-18-10-6-3-7-11-18/h2,4-5,8-9,12-13,15,18-19,25H,3,6-7,10-11,14H2,1H3,(H,24,26)/t19-/m0/s1. The van der Waals surface area contributed by atoms with E-state index in [9.17, 15) is 13.2 Å². The predicted molar refractivity (Wildman–Crippen MR) is 117 cm³/mol. The van der Waals surface area contributed by atoms with E-state index in [2.05, 4.69) is 10.0 Å². The Morgan fingerprint density at radius 1 is 1.13 bits per heavy atom. The number of halogens is 1. The number of sulfonamides is 1. The molecule has 1 amide bonds. The number of carbonyl (C=O) groups excluding carboxylic acids is 1. The summed E-state index contributed by atoms with van der Waals surface area (Å²) in [6.45, 7) is 0. The fourth-order valence-electron chi connectivity index (χ4n) is 3.70. The number of amides is 1. The van der Waals surface area contributed by atoms with Crippen molar-refractivity contribution < 1.29 is 17.9 Å². The smallest absolute Gasteiger partial charge is 0.245 e. The minimum atomic E-state index is -4.05. The molecule has 2 N–H and O–H groups in total. The van der Waals surface area contributed by atoms with E-state index >= 15 is 0 Å². The van der Waals surface area contributed by atoms with Crippen LogP contribution in [0.4, 0.5) is 0 Å². The third kappa shape index (κ3) is 5.97. The second kappa shape index (κ2) is 10.3. The predicted octanol–water partition coefficient (Wildman–Crippen LogP) is 3.69. The van der Waals surface area contributed by atoms with Crippen LogP contribution in [0.2, 0.25) is 5.02 Å². The van der Waals surface area contributed by atoms with Crippen LogP contribution in [0, 0.1) is 0 Å². The molecule has 1 fully saturated rings. The van der Waals surface area contributed by atoms with E-state index in [4.69, 9.17) is 16.3 Å². The van der Waals surface area contributed by atoms with Crippen LogP contribution in [-0.2, 0) is 21.2 Å². The monoisotopic (exact) mass is 450 g/mol. The Labute approximate surface area is 183 Å². The van der Waals surface area contributed by atoms with E-state index < -0.39 is 16.1 Å². The van der Waals surface area contributed by atoms with E-state index in [-0.39, 0.29) is 34.0 Å². The van der Waals surface area contributed by atoms with E-state index in [1.807, 2.05) is 30.3 Å². The van der Waals surface area contributed by atoms with Crippen molar-refractivity contribution in [2.75, 3.05) is 7.11 Å². The molecule has 2 aromatic carbocycles. The summed E-state index contributed by atoms with van der Waals surface area (Å²) in [5.74, 6) is -0.159. The minimum absolute atomic E-state index is 0.0785. The van der Waals surface area contributed by atoms with Gasteiger partial charge in [0.05, 0.1) is 7.11 Å². The summed E-state index contributed by atoms with van der Waals surface area (Å²) in [6.07, 6.45) is 5.37. The normalized spacial score (nSPS) is 16.1. The number of rotatable bonds is 8. The first-order chi connectivity index (χ1) is 14.4. The molecule has 1 atom stereocenters. The number of hydrogen-bond donors (Lipinski definition) is 2. The van der Waals surface area contributed by atoms with Crippen molar-refractivity contribution in [3.05, 3.63) is 59.1 Å². The molecule has 30 heavy (non-hydrogen) atoms. The first-order valence-corrected chi connectivity index (χ1v) is 12.0. The van der Waals surface area contributed by atoms with Gasteiger partial charge in [-0.05, 0) is 43.0 Å². The van der Waals surface area contributed by atoms with Crippen molar-refractivity contribution in [3.8, 4) is 5.75 Å². The summed E-state index contributed by atoms with van der Waals surface area (Å²) < 4.78 is 34.0. The SMILES string of the molecule is COc1ccc(Cl)cc1S(=O)(=O)N[C@@H](Cc1ccccc1)C(=O)NC1CCCCC1. The molecule has 0 heterocycles. The molecule has 0 unspecified atom stereocenters. The third-order valence-corrected chi connectivity index (χ3v) is 6.99. The van der Waals surface area contributed by atoms with Crippen LogP contribution in [0.25, 0.3) is 0 Å². The van der Waals surface area contributed by atoms with Crippen LogP contribution in [0.5, 0.6) is 5.75 Å². The van der Waals surface area contributed by atoms with Gasteiger partial charge in [-0.3, -0.25) is 4.79 Å². The summed E-state index contributed by atoms with van der Waals surface area (Å²) in [5.41, 5.74) is 0.863. The highest BCUT2D eigenvalue weighted by Gasteiger charge is 2.30. The average Bonchev–Trinajstić information content (AvgIpc) is 2.74. The Kier molecular flexibility index (Phi) is 7.75. The van der Waals surface area contributed by atoms with Crippen LogP contribution >= 0.6 is 11.6 Å². The average molecular weight is 451 g/mol. The fourth-order valence-corrected chi connectivity index (χ4v) is 5.32. The summed E-state index contributed by atoms with van der Waals surface area (Å²) in [4.78, 5) is 13.0. The number of nitrogens with one attached hydrogen (secondary N) is 2. The lowest BCUT2D eigenvalue weighted by Gasteiger charge is -2.26. The first-order valence-electron chi connectivity index (χ1n) is 10.1. The zero-order valence-electron chi connectivity index (χ0n) is 16.9. The van der Waals surface area contributed by atoms with Gasteiger partial charge in [0.25, 0.3) is 0 Å². The molecule has 0 saturated heterocycles. The van der Waals surface area contributed by atoms with Gasteiger partial charge in [-0.2, -0.15) is 4.72 Å². The molecule has 162 valence electrons. The molecule has 3 rings (SSSR count). The van der Waals surface area contributed by atoms with Crippen molar-refractivity contribution in [1.29, 1.82) is 0 Å². The Morgan fingerprint density at radius 3 is 2.50 bits per heavy atom. The van der Waals surface area contributed by atoms with Gasteiger partial charge in [0, 0.05) is 11.1 Å². The van der Waals surface area contributed by atoms with Gasteiger partial charge in [0.2, 0.25) is 15.9 Å². The molecule has 1 aliphatic carbocycles. The number of methoxy groups -OCH3 is 1. The molecule has 0 aromatic heterocycles. The van der Waals surface area contributed by atoms with Crippen LogP contribution in [0.3, 0.4) is 0 Å². The van der Waals surface area contributed by atoms with Crippen molar-refractivity contribution in [2.45, 2.75) is 55.5 Å². The van der Waals surface area contributed by atoms with Crippen molar-refractivity contribution >= 4 is 27.5 Å². The van der Waals surface area contributed by atoms with E-state index in [0.717, 1.165) is 31.2 Å². The van der Waals surface area contributed by atoms with E-state index in [0.29, 0.717) is 0 Å². The van der Waals surface area contributed by atoms with Gasteiger partial charge in [-0.15, -0.1) is 0 Å². The van der Waals surface area contributed by atoms with Gasteiger partial charge in [-0.1, -0.05) is 61.2 Å². The maximum absolute atomic E-state index is 13.1. The highest BCUT2D eigenvalue weighted by Crippen LogP contribution is 2.27. The fraction of sp³-hybridized carbons (Fsp3) is 0.409. The molecular weight excluding hydrogens is 424 g/mol. The lowest BCUT2D eigenvalue weighted by atomic mass is 9.95. The van der Waals surface area contributed by atoms with Crippen LogP contribution in [0.15, 0.2) is 53.4 Å². The molecule has 1 aliphatic rings. The summed E-state index contributed by atoms with van der Waals surface area (Å²) in [7, 11) is -2.66. The highest BCUT2D eigenvalue weighted by atomic mass is 35.5. The third-order valence-electron chi connectivity index (χ3n) is 5.26. The minimum Gasteiger partial charge on any atom is -0.495 e. The van der Waals surface area contributed by atoms with Gasteiger partial charge >= 0.3 is 0 Å². The van der Waals surface area contributed by atoms with Crippen molar-refractivity contribution in [3.63, 3.8) is 0 Å². The maximum atomic E-state index is 13.1. The lowest BCUT2D eigenvalue weighted by Crippen LogP contribution is -2.51. The zero-order chi connectivity index (χ0) is 21.6. The van der Waals surface area contributed by atoms with E-state index in [1.54, 1.807) is 6.07 Å². The Morgan fingerprint density at radius 2 is 1.83 bits per heavy atom. The number of carbonyl (C=O) groups is 1. The lowest BCUT2D eigenvalue weighted by molar-refractivity contribution is -0.123. The quantitative estimate of drug-likeness (QED) is 0.642. The number of benzene rings is 2. The van der Waals surface area contributed by atoms with Gasteiger partial charge < -0.3 is 10.1 Å².